The van der Waals surface area contributed by atoms with Gasteiger partial charge < -0.3 is 15.5 Å². The molecule has 0 aromatic heterocycles. The van der Waals surface area contributed by atoms with Crippen LogP contribution in [0.4, 0.5) is 5.69 Å². The highest BCUT2D eigenvalue weighted by molar-refractivity contribution is 5.75. The maximum absolute atomic E-state index is 11.9. The van der Waals surface area contributed by atoms with E-state index in [1.54, 1.807) is 0 Å². The van der Waals surface area contributed by atoms with Crippen LogP contribution in [0.3, 0.4) is 0 Å². The topological polar surface area (TPSA) is 44.4 Å². The van der Waals surface area contributed by atoms with Crippen LogP contribution in [0.5, 0.6) is 0 Å². The van der Waals surface area contributed by atoms with Crippen LogP contribution < -0.4 is 15.5 Å². The lowest BCUT2D eigenvalue weighted by Gasteiger charge is -2.22. The second-order valence-corrected chi connectivity index (χ2v) is 5.86. The van der Waals surface area contributed by atoms with Crippen LogP contribution in [0.15, 0.2) is 30.3 Å². The van der Waals surface area contributed by atoms with Crippen LogP contribution in [-0.2, 0) is 4.79 Å². The predicted octanol–water partition coefficient (Wildman–Crippen LogP) is 2.02. The smallest absolute Gasteiger partial charge is 0.220 e. The minimum absolute atomic E-state index is 0.182. The van der Waals surface area contributed by atoms with Crippen LogP contribution >= 0.6 is 0 Å². The summed E-state index contributed by atoms with van der Waals surface area (Å²) in [4.78, 5) is 14.0. The van der Waals surface area contributed by atoms with Crippen LogP contribution in [0.2, 0.25) is 0 Å². The maximum Gasteiger partial charge on any atom is 0.220 e. The summed E-state index contributed by atoms with van der Waals surface area (Å²) in [5.74, 6) is 0.860. The first kappa shape index (κ1) is 15.8. The molecule has 21 heavy (non-hydrogen) atoms. The highest BCUT2D eigenvalue weighted by Crippen LogP contribution is 2.15. The molecule has 0 saturated carbocycles. The number of rotatable bonds is 7. The number of likely N-dealkylation sites (N-methyl/N-ethyl adjacent to an activating group) is 1. The summed E-state index contributed by atoms with van der Waals surface area (Å²) >= 11 is 0. The van der Waals surface area contributed by atoms with E-state index >= 15 is 0 Å². The Balaban J connectivity index is 1.58. The molecule has 1 aromatic rings. The van der Waals surface area contributed by atoms with Crippen molar-refractivity contribution in [2.24, 2.45) is 5.92 Å². The molecule has 2 N–H and O–H groups in total. The molecule has 116 valence electrons. The number of piperidine rings is 1. The Morgan fingerprint density at radius 1 is 1.38 bits per heavy atom. The van der Waals surface area contributed by atoms with Crippen molar-refractivity contribution in [2.45, 2.75) is 25.7 Å². The Hall–Kier alpha value is -1.55. The number of carbonyl (C=O) groups is 1. The minimum atomic E-state index is 0.182. The first-order valence-electron chi connectivity index (χ1n) is 7.99. The van der Waals surface area contributed by atoms with Crippen molar-refractivity contribution in [3.05, 3.63) is 30.3 Å². The van der Waals surface area contributed by atoms with E-state index in [1.165, 1.54) is 18.5 Å². The molecule has 1 unspecified atom stereocenters. The van der Waals surface area contributed by atoms with Crippen LogP contribution in [0.25, 0.3) is 0 Å². The van der Waals surface area contributed by atoms with E-state index < -0.39 is 0 Å². The molecule has 2 rings (SSSR count). The highest BCUT2D eigenvalue weighted by Gasteiger charge is 2.14. The zero-order valence-electron chi connectivity index (χ0n) is 13.0. The van der Waals surface area contributed by atoms with E-state index in [0.717, 1.165) is 26.1 Å². The largest absolute Gasteiger partial charge is 0.373 e. The fourth-order valence-corrected chi connectivity index (χ4v) is 2.77. The van der Waals surface area contributed by atoms with Crippen LogP contribution in [-0.4, -0.2) is 39.1 Å². The number of benzene rings is 1. The predicted molar refractivity (Wildman–Crippen MR) is 87.5 cm³/mol. The number of anilines is 1. The molecular weight excluding hydrogens is 262 g/mol. The number of nitrogens with one attached hydrogen (secondary N) is 2. The van der Waals surface area contributed by atoms with Crippen molar-refractivity contribution >= 4 is 11.6 Å². The third kappa shape index (κ3) is 5.76. The van der Waals surface area contributed by atoms with Crippen molar-refractivity contribution < 1.29 is 4.79 Å². The van der Waals surface area contributed by atoms with E-state index in [9.17, 15) is 4.79 Å². The summed E-state index contributed by atoms with van der Waals surface area (Å²) in [7, 11) is 2.05. The monoisotopic (exact) mass is 289 g/mol. The summed E-state index contributed by atoms with van der Waals surface area (Å²) in [6.07, 6.45) is 4.17. The quantitative estimate of drug-likeness (QED) is 0.807. The summed E-state index contributed by atoms with van der Waals surface area (Å²) in [6.45, 7) is 3.74. The molecular formula is C17H27N3O. The summed E-state index contributed by atoms with van der Waals surface area (Å²) < 4.78 is 0. The molecule has 0 radical (unpaired) electrons. The van der Waals surface area contributed by atoms with Crippen molar-refractivity contribution in [1.82, 2.24) is 10.6 Å². The molecule has 1 heterocycles. The van der Waals surface area contributed by atoms with Gasteiger partial charge >= 0.3 is 0 Å². The van der Waals surface area contributed by atoms with Crippen LogP contribution in [0, 0.1) is 5.92 Å². The molecule has 0 aliphatic carbocycles. The van der Waals surface area contributed by atoms with Gasteiger partial charge in [0.25, 0.3) is 0 Å². The molecule has 1 aliphatic heterocycles. The minimum Gasteiger partial charge on any atom is -0.373 e. The summed E-state index contributed by atoms with van der Waals surface area (Å²) in [5.41, 5.74) is 1.18. The van der Waals surface area contributed by atoms with Crippen molar-refractivity contribution in [3.63, 3.8) is 0 Å². The lowest BCUT2D eigenvalue weighted by Crippen LogP contribution is -2.34. The van der Waals surface area contributed by atoms with E-state index in [2.05, 4.69) is 34.7 Å². The Morgan fingerprint density at radius 3 is 2.90 bits per heavy atom. The van der Waals surface area contributed by atoms with Gasteiger partial charge in [-0.2, -0.15) is 0 Å². The average molecular weight is 289 g/mol. The van der Waals surface area contributed by atoms with Gasteiger partial charge in [-0.25, -0.2) is 0 Å². The standard InChI is InChI=1S/C17H27N3O/c1-20(16-7-3-2-4-8-16)13-12-19-17(21)10-9-15-6-5-11-18-14-15/h2-4,7-8,15,18H,5-6,9-14H2,1H3,(H,19,21). The van der Waals surface area contributed by atoms with Gasteiger partial charge in [0.2, 0.25) is 5.91 Å². The van der Waals surface area contributed by atoms with Gasteiger partial charge in [0.1, 0.15) is 0 Å². The molecule has 1 aliphatic rings. The second kappa shape index (κ2) is 8.67. The number of amides is 1. The van der Waals surface area contributed by atoms with Gasteiger partial charge in [-0.15, -0.1) is 0 Å². The number of nitrogens with zero attached hydrogens (tertiary/aromatic N) is 1. The number of hydrogen-bond donors (Lipinski definition) is 2. The molecule has 4 nitrogen and oxygen atoms in total. The Kier molecular flexibility index (Phi) is 6.54. The lowest BCUT2D eigenvalue weighted by molar-refractivity contribution is -0.121. The lowest BCUT2D eigenvalue weighted by atomic mass is 9.94. The SMILES string of the molecule is CN(CCNC(=O)CCC1CCCNC1)c1ccccc1. The van der Waals surface area contributed by atoms with Gasteiger partial charge in [-0.05, 0) is 50.4 Å². The maximum atomic E-state index is 11.9. The third-order valence-corrected chi connectivity index (χ3v) is 4.14. The highest BCUT2D eigenvalue weighted by atomic mass is 16.1. The van der Waals surface area contributed by atoms with E-state index in [-0.39, 0.29) is 5.91 Å². The molecule has 0 spiro atoms. The van der Waals surface area contributed by atoms with Gasteiger partial charge in [0.05, 0.1) is 0 Å². The van der Waals surface area contributed by atoms with Gasteiger partial charge in [0, 0.05) is 32.2 Å². The first-order chi connectivity index (χ1) is 10.3. The number of carbonyl (C=O) groups excluding carboxylic acids is 1. The van der Waals surface area contributed by atoms with E-state index in [1.807, 2.05) is 18.2 Å². The fourth-order valence-electron chi connectivity index (χ4n) is 2.77. The number of hydrogen-bond acceptors (Lipinski definition) is 3. The molecule has 1 aromatic carbocycles. The molecule has 1 saturated heterocycles. The average Bonchev–Trinajstić information content (AvgIpc) is 2.54. The molecule has 1 fully saturated rings. The van der Waals surface area contributed by atoms with Crippen molar-refractivity contribution in [3.8, 4) is 0 Å². The fraction of sp³-hybridized carbons (Fsp3) is 0.588. The van der Waals surface area contributed by atoms with Crippen LogP contribution in [0.1, 0.15) is 25.7 Å². The van der Waals surface area contributed by atoms with Crippen molar-refractivity contribution in [1.29, 1.82) is 0 Å². The van der Waals surface area contributed by atoms with Gasteiger partial charge in [0.15, 0.2) is 0 Å². The Bertz CT molecular complexity index is 415. The third-order valence-electron chi connectivity index (χ3n) is 4.14. The molecule has 4 heteroatoms. The zero-order valence-corrected chi connectivity index (χ0v) is 13.0. The van der Waals surface area contributed by atoms with Crippen molar-refractivity contribution in [2.75, 3.05) is 38.1 Å². The Labute approximate surface area is 127 Å². The second-order valence-electron chi connectivity index (χ2n) is 5.86. The van der Waals surface area contributed by atoms with E-state index in [4.69, 9.17) is 0 Å². The van der Waals surface area contributed by atoms with E-state index in [0.29, 0.717) is 18.9 Å². The normalized spacial score (nSPS) is 18.2. The molecule has 1 atom stereocenters. The zero-order chi connectivity index (χ0) is 14.9. The van der Waals surface area contributed by atoms with Gasteiger partial charge in [-0.1, -0.05) is 18.2 Å². The molecule has 0 bridgehead atoms. The Morgan fingerprint density at radius 2 is 2.19 bits per heavy atom. The number of para-hydroxylation sites is 1. The summed E-state index contributed by atoms with van der Waals surface area (Å²) in [5, 5.41) is 6.42. The molecule has 1 amide bonds. The first-order valence-corrected chi connectivity index (χ1v) is 7.99. The van der Waals surface area contributed by atoms with Gasteiger partial charge in [-0.3, -0.25) is 4.79 Å². The summed E-state index contributed by atoms with van der Waals surface area (Å²) in [6, 6.07) is 10.2.